The summed E-state index contributed by atoms with van der Waals surface area (Å²) in [7, 11) is 0. The number of hydrogen-bond donors (Lipinski definition) is 1. The largest absolute Gasteiger partial charge is 0.341 e. The fraction of sp³-hybridized carbons (Fsp3) is 0.938. The first-order chi connectivity index (χ1) is 9.31. The molecule has 0 radical (unpaired) electrons. The molecule has 1 unspecified atom stereocenters. The Kier molecular flexibility index (Phi) is 6.15. The van der Waals surface area contributed by atoms with E-state index in [1.54, 1.807) is 0 Å². The zero-order chi connectivity index (χ0) is 13.5. The maximum Gasteiger partial charge on any atom is 0.239 e. The first-order valence-electron chi connectivity index (χ1n) is 8.36. The molecule has 1 amide bonds. The lowest BCUT2D eigenvalue weighted by Crippen LogP contribution is -2.51. The number of carbonyl (C=O) groups excluding carboxylic acids is 1. The third kappa shape index (κ3) is 5.13. The summed E-state index contributed by atoms with van der Waals surface area (Å²) >= 11 is 0. The molecule has 110 valence electrons. The van der Waals surface area contributed by atoms with Crippen molar-refractivity contribution in [1.82, 2.24) is 10.2 Å². The van der Waals surface area contributed by atoms with Crippen molar-refractivity contribution in [3.63, 3.8) is 0 Å². The minimum absolute atomic E-state index is 0.126. The quantitative estimate of drug-likeness (QED) is 0.650. The summed E-state index contributed by atoms with van der Waals surface area (Å²) in [4.78, 5) is 14.4. The summed E-state index contributed by atoms with van der Waals surface area (Å²) < 4.78 is 0. The Bertz CT molecular complexity index is 276. The molecule has 1 atom stereocenters. The highest BCUT2D eigenvalue weighted by atomic mass is 16.2. The van der Waals surface area contributed by atoms with Crippen LogP contribution in [0.2, 0.25) is 0 Å². The fourth-order valence-corrected chi connectivity index (χ4v) is 2.93. The molecule has 0 aromatic rings. The minimum atomic E-state index is 0.126. The van der Waals surface area contributed by atoms with E-state index in [0.717, 1.165) is 19.5 Å². The molecule has 3 nitrogen and oxygen atoms in total. The van der Waals surface area contributed by atoms with E-state index in [-0.39, 0.29) is 6.04 Å². The SMILES string of the molecule is CCCCCCCCN1CCCC(NC2CC2)C1=O. The molecule has 1 aliphatic carbocycles. The molecular weight excluding hydrogens is 236 g/mol. The maximum absolute atomic E-state index is 12.3. The molecule has 19 heavy (non-hydrogen) atoms. The van der Waals surface area contributed by atoms with Gasteiger partial charge in [0.15, 0.2) is 0 Å². The molecular formula is C16H30N2O. The minimum Gasteiger partial charge on any atom is -0.341 e. The molecule has 2 fully saturated rings. The third-order valence-electron chi connectivity index (χ3n) is 4.33. The van der Waals surface area contributed by atoms with Gasteiger partial charge in [0.2, 0.25) is 5.91 Å². The van der Waals surface area contributed by atoms with Crippen LogP contribution in [0.15, 0.2) is 0 Å². The molecule has 0 aromatic heterocycles. The zero-order valence-electron chi connectivity index (χ0n) is 12.5. The topological polar surface area (TPSA) is 32.3 Å². The Morgan fingerprint density at radius 2 is 1.84 bits per heavy atom. The smallest absolute Gasteiger partial charge is 0.239 e. The van der Waals surface area contributed by atoms with Crippen molar-refractivity contribution < 1.29 is 4.79 Å². The summed E-state index contributed by atoms with van der Waals surface area (Å²) in [6, 6.07) is 0.768. The lowest BCUT2D eigenvalue weighted by atomic mass is 10.0. The molecule has 2 aliphatic rings. The van der Waals surface area contributed by atoms with Crippen LogP contribution < -0.4 is 5.32 Å². The standard InChI is InChI=1S/C16H30N2O/c1-2-3-4-5-6-7-12-18-13-8-9-15(16(18)19)17-14-10-11-14/h14-15,17H,2-13H2,1H3. The van der Waals surface area contributed by atoms with E-state index in [1.165, 1.54) is 57.8 Å². The Balaban J connectivity index is 1.60. The number of unbranched alkanes of at least 4 members (excludes halogenated alkanes) is 5. The number of hydrogen-bond acceptors (Lipinski definition) is 2. The van der Waals surface area contributed by atoms with E-state index >= 15 is 0 Å². The number of carbonyl (C=O) groups is 1. The highest BCUT2D eigenvalue weighted by Crippen LogP contribution is 2.22. The van der Waals surface area contributed by atoms with Gasteiger partial charge in [-0.15, -0.1) is 0 Å². The van der Waals surface area contributed by atoms with Crippen molar-refractivity contribution in [2.45, 2.75) is 83.2 Å². The maximum atomic E-state index is 12.3. The molecule has 1 N–H and O–H groups in total. The average molecular weight is 266 g/mol. The van der Waals surface area contributed by atoms with E-state index in [0.29, 0.717) is 11.9 Å². The molecule has 0 bridgehead atoms. The zero-order valence-corrected chi connectivity index (χ0v) is 12.5. The van der Waals surface area contributed by atoms with Gasteiger partial charge < -0.3 is 10.2 Å². The molecule has 1 saturated heterocycles. The molecule has 3 heteroatoms. The van der Waals surface area contributed by atoms with Crippen LogP contribution in [0.1, 0.15) is 71.1 Å². The van der Waals surface area contributed by atoms with E-state index in [2.05, 4.69) is 17.1 Å². The second kappa shape index (κ2) is 7.88. The Hall–Kier alpha value is -0.570. The second-order valence-corrected chi connectivity index (χ2v) is 6.23. The summed E-state index contributed by atoms with van der Waals surface area (Å²) in [5.41, 5.74) is 0. The van der Waals surface area contributed by atoms with Gasteiger partial charge in [-0.25, -0.2) is 0 Å². The lowest BCUT2D eigenvalue weighted by Gasteiger charge is -2.33. The van der Waals surface area contributed by atoms with Crippen molar-refractivity contribution in [3.8, 4) is 0 Å². The number of amides is 1. The van der Waals surface area contributed by atoms with Gasteiger partial charge in [-0.2, -0.15) is 0 Å². The van der Waals surface area contributed by atoms with E-state index < -0.39 is 0 Å². The molecule has 1 saturated carbocycles. The summed E-state index contributed by atoms with van der Waals surface area (Å²) in [6.07, 6.45) is 12.6. The van der Waals surface area contributed by atoms with E-state index in [4.69, 9.17) is 0 Å². The van der Waals surface area contributed by atoms with Crippen LogP contribution >= 0.6 is 0 Å². The van der Waals surface area contributed by atoms with Crippen molar-refractivity contribution in [2.24, 2.45) is 0 Å². The lowest BCUT2D eigenvalue weighted by molar-refractivity contribution is -0.136. The monoisotopic (exact) mass is 266 g/mol. The van der Waals surface area contributed by atoms with Crippen molar-refractivity contribution in [1.29, 1.82) is 0 Å². The number of piperidine rings is 1. The van der Waals surface area contributed by atoms with Crippen LogP contribution in [0.5, 0.6) is 0 Å². The Morgan fingerprint density at radius 3 is 2.58 bits per heavy atom. The average Bonchev–Trinajstić information content (AvgIpc) is 3.22. The molecule has 1 aliphatic heterocycles. The highest BCUT2D eigenvalue weighted by molar-refractivity contribution is 5.82. The van der Waals surface area contributed by atoms with Crippen LogP contribution in [0.4, 0.5) is 0 Å². The number of likely N-dealkylation sites (tertiary alicyclic amines) is 1. The highest BCUT2D eigenvalue weighted by Gasteiger charge is 2.32. The Morgan fingerprint density at radius 1 is 1.11 bits per heavy atom. The predicted molar refractivity (Wildman–Crippen MR) is 79.1 cm³/mol. The normalized spacial score (nSPS) is 23.9. The van der Waals surface area contributed by atoms with E-state index in [1.807, 2.05) is 0 Å². The molecule has 0 spiro atoms. The van der Waals surface area contributed by atoms with Gasteiger partial charge in [-0.3, -0.25) is 4.79 Å². The van der Waals surface area contributed by atoms with Crippen LogP contribution in [0.3, 0.4) is 0 Å². The van der Waals surface area contributed by atoms with Gasteiger partial charge in [0.1, 0.15) is 0 Å². The van der Waals surface area contributed by atoms with Crippen LogP contribution in [-0.2, 0) is 4.79 Å². The van der Waals surface area contributed by atoms with E-state index in [9.17, 15) is 4.79 Å². The Labute approximate surface area is 118 Å². The fourth-order valence-electron chi connectivity index (χ4n) is 2.93. The third-order valence-corrected chi connectivity index (χ3v) is 4.33. The first-order valence-corrected chi connectivity index (χ1v) is 8.36. The van der Waals surface area contributed by atoms with Gasteiger partial charge in [0.05, 0.1) is 6.04 Å². The number of nitrogens with zero attached hydrogens (tertiary/aromatic N) is 1. The number of rotatable bonds is 9. The van der Waals surface area contributed by atoms with Gasteiger partial charge in [-0.05, 0) is 32.1 Å². The van der Waals surface area contributed by atoms with Gasteiger partial charge in [0, 0.05) is 19.1 Å². The summed E-state index contributed by atoms with van der Waals surface area (Å²) in [5.74, 6) is 0.367. The number of nitrogens with one attached hydrogen (secondary N) is 1. The van der Waals surface area contributed by atoms with Crippen molar-refractivity contribution in [2.75, 3.05) is 13.1 Å². The first kappa shape index (κ1) is 14.8. The predicted octanol–water partition coefficient (Wildman–Crippen LogP) is 3.09. The van der Waals surface area contributed by atoms with Crippen LogP contribution in [-0.4, -0.2) is 36.0 Å². The molecule has 1 heterocycles. The van der Waals surface area contributed by atoms with Crippen LogP contribution in [0, 0.1) is 0 Å². The van der Waals surface area contributed by atoms with Crippen molar-refractivity contribution in [3.05, 3.63) is 0 Å². The van der Waals surface area contributed by atoms with Crippen molar-refractivity contribution >= 4 is 5.91 Å². The van der Waals surface area contributed by atoms with Gasteiger partial charge >= 0.3 is 0 Å². The molecule has 2 rings (SSSR count). The molecule has 0 aromatic carbocycles. The van der Waals surface area contributed by atoms with Gasteiger partial charge in [0.25, 0.3) is 0 Å². The van der Waals surface area contributed by atoms with Gasteiger partial charge in [-0.1, -0.05) is 39.0 Å². The summed E-state index contributed by atoms with van der Waals surface area (Å²) in [5, 5.41) is 3.50. The summed E-state index contributed by atoms with van der Waals surface area (Å²) in [6.45, 7) is 4.21. The van der Waals surface area contributed by atoms with Crippen LogP contribution in [0.25, 0.3) is 0 Å². The second-order valence-electron chi connectivity index (χ2n) is 6.23.